The smallest absolute Gasteiger partial charge is 0.418 e. The molecule has 1 aliphatic heterocycles. The Kier molecular flexibility index (Phi) is 5.01. The van der Waals surface area contributed by atoms with Crippen LogP contribution in [0.2, 0.25) is 5.02 Å². The van der Waals surface area contributed by atoms with Gasteiger partial charge in [0.15, 0.2) is 6.10 Å². The van der Waals surface area contributed by atoms with Crippen molar-refractivity contribution in [2.75, 3.05) is 19.0 Å². The maximum Gasteiger partial charge on any atom is 0.418 e. The van der Waals surface area contributed by atoms with Crippen LogP contribution in [0.4, 0.5) is 19.1 Å². The van der Waals surface area contributed by atoms with Gasteiger partial charge in [0.2, 0.25) is 5.95 Å². The second kappa shape index (κ2) is 7.28. The summed E-state index contributed by atoms with van der Waals surface area (Å²) in [7, 11) is 1.42. The van der Waals surface area contributed by atoms with E-state index in [1.165, 1.54) is 13.2 Å². The monoisotopic (exact) mass is 441 g/mol. The van der Waals surface area contributed by atoms with Crippen molar-refractivity contribution in [2.45, 2.75) is 39.1 Å². The topological polar surface area (TPSA) is 85.1 Å². The molecule has 1 aliphatic rings. The predicted octanol–water partition coefficient (Wildman–Crippen LogP) is 4.18. The zero-order valence-electron chi connectivity index (χ0n) is 16.4. The minimum atomic E-state index is -4.86. The Morgan fingerprint density at radius 2 is 1.90 bits per heavy atom. The van der Waals surface area contributed by atoms with Gasteiger partial charge in [-0.05, 0) is 26.3 Å². The van der Waals surface area contributed by atoms with E-state index in [2.05, 4.69) is 20.3 Å². The standard InChI is InChI=1S/C19H19ClF3N5O2/c1-8-12(9(2)26-18(25-8)30-3)10-7-11(16(29)19(21,22)23)15-14(13(10)20)27-17-24-5-4-6-28(15)17/h7,16,29H,4-6H2,1-3H3,(H,24,27). The van der Waals surface area contributed by atoms with Gasteiger partial charge in [0, 0.05) is 29.8 Å². The summed E-state index contributed by atoms with van der Waals surface area (Å²) >= 11 is 6.65. The number of benzene rings is 1. The summed E-state index contributed by atoms with van der Waals surface area (Å²) in [5, 5.41) is 13.4. The van der Waals surface area contributed by atoms with Gasteiger partial charge in [0.25, 0.3) is 0 Å². The molecule has 3 aromatic rings. The van der Waals surface area contributed by atoms with E-state index in [1.807, 2.05) is 0 Å². The van der Waals surface area contributed by atoms with Gasteiger partial charge in [-0.2, -0.15) is 23.1 Å². The molecule has 0 saturated heterocycles. The van der Waals surface area contributed by atoms with Crippen molar-refractivity contribution in [1.82, 2.24) is 19.5 Å². The highest BCUT2D eigenvalue weighted by Gasteiger charge is 2.42. The van der Waals surface area contributed by atoms with Crippen molar-refractivity contribution < 1.29 is 23.0 Å². The summed E-state index contributed by atoms with van der Waals surface area (Å²) in [5.41, 5.74) is 1.75. The fourth-order valence-corrected chi connectivity index (χ4v) is 4.12. The Bertz CT molecular complexity index is 1120. The van der Waals surface area contributed by atoms with Gasteiger partial charge in [-0.1, -0.05) is 11.6 Å². The van der Waals surface area contributed by atoms with Gasteiger partial charge in [0.05, 0.1) is 29.0 Å². The summed E-state index contributed by atoms with van der Waals surface area (Å²) in [6, 6.07) is 1.40. The highest BCUT2D eigenvalue weighted by Crippen LogP contribution is 2.44. The number of aromatic nitrogens is 4. The van der Waals surface area contributed by atoms with Crippen LogP contribution < -0.4 is 10.1 Å². The first-order chi connectivity index (χ1) is 14.1. The van der Waals surface area contributed by atoms with E-state index in [1.54, 1.807) is 18.4 Å². The van der Waals surface area contributed by atoms with E-state index < -0.39 is 12.3 Å². The molecule has 0 spiro atoms. The van der Waals surface area contributed by atoms with E-state index in [9.17, 15) is 18.3 Å². The van der Waals surface area contributed by atoms with Crippen LogP contribution in [0.15, 0.2) is 6.07 Å². The normalized spacial score (nSPS) is 15.1. The van der Waals surface area contributed by atoms with E-state index in [-0.39, 0.29) is 33.2 Å². The van der Waals surface area contributed by atoms with E-state index in [0.29, 0.717) is 42.4 Å². The minimum absolute atomic E-state index is 0.142. The first-order valence-corrected chi connectivity index (χ1v) is 9.62. The van der Waals surface area contributed by atoms with E-state index in [4.69, 9.17) is 16.3 Å². The van der Waals surface area contributed by atoms with Crippen LogP contribution >= 0.6 is 11.6 Å². The van der Waals surface area contributed by atoms with Gasteiger partial charge in [0.1, 0.15) is 5.52 Å². The fourth-order valence-electron chi connectivity index (χ4n) is 3.84. The number of halogens is 4. The van der Waals surface area contributed by atoms with Gasteiger partial charge < -0.3 is 19.7 Å². The summed E-state index contributed by atoms with van der Waals surface area (Å²) in [5.74, 6) is 0.422. The molecule has 1 atom stereocenters. The molecule has 0 bridgehead atoms. The van der Waals surface area contributed by atoms with Crippen LogP contribution in [0.25, 0.3) is 22.2 Å². The first-order valence-electron chi connectivity index (χ1n) is 9.24. The molecule has 1 unspecified atom stereocenters. The maximum atomic E-state index is 13.5. The van der Waals surface area contributed by atoms with Crippen molar-refractivity contribution in [3.8, 4) is 17.1 Å². The van der Waals surface area contributed by atoms with Crippen molar-refractivity contribution in [3.63, 3.8) is 0 Å². The SMILES string of the molecule is COc1nc(C)c(-c2cc(C(O)C(F)(F)F)c3c(nc4n3CCCN4)c2Cl)c(C)n1. The number of methoxy groups -OCH3 is 1. The number of aliphatic hydroxyl groups excluding tert-OH is 1. The highest BCUT2D eigenvalue weighted by molar-refractivity contribution is 6.38. The Hall–Kier alpha value is -2.59. The largest absolute Gasteiger partial charge is 0.467 e. The second-order valence-electron chi connectivity index (χ2n) is 7.09. The highest BCUT2D eigenvalue weighted by atomic mass is 35.5. The number of hydrogen-bond acceptors (Lipinski definition) is 6. The summed E-state index contributed by atoms with van der Waals surface area (Å²) in [6.45, 7) is 4.49. The molecule has 0 aliphatic carbocycles. The zero-order valence-corrected chi connectivity index (χ0v) is 17.2. The molecule has 2 N–H and O–H groups in total. The number of rotatable bonds is 3. The third-order valence-corrected chi connectivity index (χ3v) is 5.52. The lowest BCUT2D eigenvalue weighted by molar-refractivity contribution is -0.206. The summed E-state index contributed by atoms with van der Waals surface area (Å²) in [4.78, 5) is 12.9. The lowest BCUT2D eigenvalue weighted by atomic mass is 9.96. The van der Waals surface area contributed by atoms with Crippen LogP contribution in [0.3, 0.4) is 0 Å². The number of ether oxygens (including phenoxy) is 1. The second-order valence-corrected chi connectivity index (χ2v) is 7.47. The molecule has 1 aromatic carbocycles. The summed E-state index contributed by atoms with van der Waals surface area (Å²) < 4.78 is 47.3. The van der Waals surface area contributed by atoms with Crippen LogP contribution in [-0.2, 0) is 6.54 Å². The quantitative estimate of drug-likeness (QED) is 0.634. The molecular formula is C19H19ClF3N5O2. The van der Waals surface area contributed by atoms with Crippen LogP contribution in [0.5, 0.6) is 6.01 Å². The molecule has 3 heterocycles. The minimum Gasteiger partial charge on any atom is -0.467 e. The number of fused-ring (bicyclic) bond motifs is 3. The lowest BCUT2D eigenvalue weighted by Gasteiger charge is -2.21. The van der Waals surface area contributed by atoms with Crippen molar-refractivity contribution in [3.05, 3.63) is 28.0 Å². The van der Waals surface area contributed by atoms with Crippen LogP contribution in [-0.4, -0.2) is 44.5 Å². The predicted molar refractivity (Wildman–Crippen MR) is 106 cm³/mol. The lowest BCUT2D eigenvalue weighted by Crippen LogP contribution is -2.22. The first kappa shape index (κ1) is 20.7. The molecule has 2 aromatic heterocycles. The fraction of sp³-hybridized carbons (Fsp3) is 0.421. The van der Waals surface area contributed by atoms with Crippen molar-refractivity contribution >= 4 is 28.6 Å². The van der Waals surface area contributed by atoms with Gasteiger partial charge in [-0.25, -0.2) is 4.98 Å². The molecule has 7 nitrogen and oxygen atoms in total. The van der Waals surface area contributed by atoms with Crippen LogP contribution in [0.1, 0.15) is 29.5 Å². The number of aliphatic hydroxyl groups is 1. The average molecular weight is 442 g/mol. The molecular weight excluding hydrogens is 423 g/mol. The number of nitrogens with zero attached hydrogens (tertiary/aromatic N) is 4. The van der Waals surface area contributed by atoms with Gasteiger partial charge in [-0.3, -0.25) is 0 Å². The number of anilines is 1. The van der Waals surface area contributed by atoms with E-state index >= 15 is 0 Å². The molecule has 0 amide bonds. The van der Waals surface area contributed by atoms with Crippen LogP contribution in [0, 0.1) is 13.8 Å². The maximum absolute atomic E-state index is 13.5. The molecule has 4 rings (SSSR count). The molecule has 0 fully saturated rings. The molecule has 0 saturated carbocycles. The Labute approximate surface area is 174 Å². The number of nitrogens with one attached hydrogen (secondary N) is 1. The molecule has 160 valence electrons. The molecule has 0 radical (unpaired) electrons. The number of imidazole rings is 1. The van der Waals surface area contributed by atoms with Crippen molar-refractivity contribution in [1.29, 1.82) is 0 Å². The van der Waals surface area contributed by atoms with E-state index in [0.717, 1.165) is 0 Å². The van der Waals surface area contributed by atoms with Gasteiger partial charge >= 0.3 is 12.2 Å². The third-order valence-electron chi connectivity index (χ3n) is 5.13. The zero-order chi connectivity index (χ0) is 21.8. The number of alkyl halides is 3. The third kappa shape index (κ3) is 3.24. The Morgan fingerprint density at radius 3 is 2.50 bits per heavy atom. The Balaban J connectivity index is 2.07. The summed E-state index contributed by atoms with van der Waals surface area (Å²) in [6.07, 6.45) is -6.84. The molecule has 11 heteroatoms. The average Bonchev–Trinajstić information content (AvgIpc) is 3.08. The number of aryl methyl sites for hydroxylation is 3. The number of hydrogen-bond donors (Lipinski definition) is 2. The van der Waals surface area contributed by atoms with Gasteiger partial charge in [-0.15, -0.1) is 0 Å². The Morgan fingerprint density at radius 1 is 1.23 bits per heavy atom. The van der Waals surface area contributed by atoms with Crippen molar-refractivity contribution in [2.24, 2.45) is 0 Å². The molecule has 30 heavy (non-hydrogen) atoms.